The van der Waals surface area contributed by atoms with Gasteiger partial charge in [0, 0.05) is 11.6 Å². The van der Waals surface area contributed by atoms with E-state index in [1.54, 1.807) is 0 Å². The molecule has 0 radical (unpaired) electrons. The summed E-state index contributed by atoms with van der Waals surface area (Å²) in [5, 5.41) is 9.21. The third-order valence-electron chi connectivity index (χ3n) is 2.16. The van der Waals surface area contributed by atoms with E-state index in [1.807, 2.05) is 25.1 Å². The molecule has 1 aromatic rings. The number of hydrogen-bond donors (Lipinski definition) is 1. The van der Waals surface area contributed by atoms with E-state index in [9.17, 15) is 5.11 Å². The van der Waals surface area contributed by atoms with Crippen LogP contribution in [0.15, 0.2) is 30.4 Å². The number of rotatable bonds is 7. The van der Waals surface area contributed by atoms with Crippen molar-refractivity contribution in [1.29, 1.82) is 0 Å². The average Bonchev–Trinajstić information content (AvgIpc) is 2.33. The summed E-state index contributed by atoms with van der Waals surface area (Å²) in [6.07, 6.45) is 0.962. The fourth-order valence-electron chi connectivity index (χ4n) is 1.31. The van der Waals surface area contributed by atoms with Gasteiger partial charge in [0.1, 0.15) is 18.1 Å². The fraction of sp³-hybridized carbons (Fsp3) is 0.429. The fourth-order valence-corrected chi connectivity index (χ4v) is 1.31. The smallest absolute Gasteiger partial charge is 0.128 e. The highest BCUT2D eigenvalue weighted by Crippen LogP contribution is 2.25. The summed E-state index contributed by atoms with van der Waals surface area (Å²) in [5.74, 6) is 1.42. The molecule has 3 heteroatoms. The summed E-state index contributed by atoms with van der Waals surface area (Å²) in [7, 11) is 0. The van der Waals surface area contributed by atoms with Gasteiger partial charge in [0.25, 0.3) is 0 Å². The molecule has 1 aromatic carbocycles. The first kappa shape index (κ1) is 13.6. The van der Waals surface area contributed by atoms with Gasteiger partial charge in [-0.15, -0.1) is 0 Å². The highest BCUT2D eigenvalue weighted by molar-refractivity contribution is 5.40. The van der Waals surface area contributed by atoms with Crippen molar-refractivity contribution in [3.8, 4) is 11.5 Å². The molecule has 0 aromatic heterocycles. The Morgan fingerprint density at radius 2 is 2.12 bits per heavy atom. The van der Waals surface area contributed by atoms with Gasteiger partial charge in [0.2, 0.25) is 0 Å². The molecule has 0 saturated heterocycles. The molecule has 0 heterocycles. The van der Waals surface area contributed by atoms with E-state index in [0.717, 1.165) is 23.3 Å². The number of aliphatic hydroxyl groups is 1. The molecule has 0 aliphatic rings. The maximum absolute atomic E-state index is 9.21. The molecular weight excluding hydrogens is 216 g/mol. The summed E-state index contributed by atoms with van der Waals surface area (Å²) in [5.41, 5.74) is 1.70. The molecule has 0 amide bonds. The first-order valence-corrected chi connectivity index (χ1v) is 5.81. The van der Waals surface area contributed by atoms with E-state index in [0.29, 0.717) is 19.0 Å². The van der Waals surface area contributed by atoms with Crippen molar-refractivity contribution in [2.75, 3.05) is 13.2 Å². The second-order valence-corrected chi connectivity index (χ2v) is 4.02. The van der Waals surface area contributed by atoms with E-state index in [2.05, 4.69) is 13.5 Å². The summed E-state index contributed by atoms with van der Waals surface area (Å²) < 4.78 is 11.1. The first-order valence-electron chi connectivity index (χ1n) is 5.81. The number of hydrogen-bond acceptors (Lipinski definition) is 3. The van der Waals surface area contributed by atoms with Crippen molar-refractivity contribution in [3.05, 3.63) is 35.9 Å². The lowest BCUT2D eigenvalue weighted by Crippen LogP contribution is -2.02. The Labute approximate surface area is 103 Å². The number of aliphatic hydroxyl groups excluding tert-OH is 1. The van der Waals surface area contributed by atoms with Crippen LogP contribution < -0.4 is 9.47 Å². The number of ether oxygens (including phenoxy) is 2. The lowest BCUT2D eigenvalue weighted by Gasteiger charge is -2.12. The van der Waals surface area contributed by atoms with Gasteiger partial charge in [-0.3, -0.25) is 0 Å². The third kappa shape index (κ3) is 4.49. The van der Waals surface area contributed by atoms with E-state index in [4.69, 9.17) is 9.47 Å². The Balaban J connectivity index is 2.78. The molecular formula is C14H20O3. The van der Waals surface area contributed by atoms with Gasteiger partial charge < -0.3 is 14.6 Å². The van der Waals surface area contributed by atoms with Crippen LogP contribution in [0.3, 0.4) is 0 Å². The minimum atomic E-state index is -0.0421. The molecule has 0 aliphatic carbocycles. The molecule has 0 saturated carbocycles. The Bertz CT molecular complexity index is 372. The van der Waals surface area contributed by atoms with Crippen molar-refractivity contribution >= 4 is 0 Å². The molecule has 94 valence electrons. The Morgan fingerprint density at radius 3 is 2.71 bits per heavy atom. The Morgan fingerprint density at radius 1 is 1.35 bits per heavy atom. The van der Waals surface area contributed by atoms with Gasteiger partial charge in [0.05, 0.1) is 13.2 Å². The molecule has 0 aliphatic heterocycles. The first-order chi connectivity index (χ1) is 8.17. The SMILES string of the molecule is C=C(C)COc1cc(OCCC)ccc1CO. The standard InChI is InChI=1S/C14H20O3/c1-4-7-16-13-6-5-12(9-15)14(8-13)17-10-11(2)3/h5-6,8,15H,2,4,7,9-10H2,1,3H3. The predicted octanol–water partition coefficient (Wildman–Crippen LogP) is 2.92. The van der Waals surface area contributed by atoms with Crippen LogP contribution in [0.5, 0.6) is 11.5 Å². The average molecular weight is 236 g/mol. The molecule has 0 spiro atoms. The van der Waals surface area contributed by atoms with Crippen LogP contribution in [0, 0.1) is 0 Å². The molecule has 3 nitrogen and oxygen atoms in total. The maximum Gasteiger partial charge on any atom is 0.128 e. The summed E-state index contributed by atoms with van der Waals surface area (Å²) in [6, 6.07) is 5.47. The molecule has 0 fully saturated rings. The van der Waals surface area contributed by atoms with Crippen molar-refractivity contribution in [2.45, 2.75) is 26.9 Å². The highest BCUT2D eigenvalue weighted by Gasteiger charge is 2.05. The van der Waals surface area contributed by atoms with E-state index in [-0.39, 0.29) is 6.61 Å². The predicted molar refractivity (Wildman–Crippen MR) is 68.5 cm³/mol. The van der Waals surface area contributed by atoms with Gasteiger partial charge in [-0.25, -0.2) is 0 Å². The van der Waals surface area contributed by atoms with Crippen molar-refractivity contribution < 1.29 is 14.6 Å². The van der Waals surface area contributed by atoms with E-state index >= 15 is 0 Å². The summed E-state index contributed by atoms with van der Waals surface area (Å²) >= 11 is 0. The monoisotopic (exact) mass is 236 g/mol. The number of benzene rings is 1. The Kier molecular flexibility index (Phi) is 5.57. The highest BCUT2D eigenvalue weighted by atomic mass is 16.5. The lowest BCUT2D eigenvalue weighted by atomic mass is 10.2. The van der Waals surface area contributed by atoms with Crippen LogP contribution in [0.4, 0.5) is 0 Å². The van der Waals surface area contributed by atoms with Crippen molar-refractivity contribution in [1.82, 2.24) is 0 Å². The third-order valence-corrected chi connectivity index (χ3v) is 2.16. The molecule has 0 bridgehead atoms. The maximum atomic E-state index is 9.21. The second-order valence-electron chi connectivity index (χ2n) is 4.02. The van der Waals surface area contributed by atoms with Gasteiger partial charge in [-0.1, -0.05) is 13.5 Å². The molecule has 1 N–H and O–H groups in total. The van der Waals surface area contributed by atoms with Crippen LogP contribution in [0.25, 0.3) is 0 Å². The second kappa shape index (κ2) is 6.97. The zero-order valence-electron chi connectivity index (χ0n) is 10.5. The molecule has 1 rings (SSSR count). The zero-order valence-corrected chi connectivity index (χ0v) is 10.5. The minimum absolute atomic E-state index is 0.0421. The van der Waals surface area contributed by atoms with Crippen LogP contribution >= 0.6 is 0 Å². The lowest BCUT2D eigenvalue weighted by molar-refractivity contribution is 0.266. The van der Waals surface area contributed by atoms with E-state index < -0.39 is 0 Å². The molecule has 0 atom stereocenters. The van der Waals surface area contributed by atoms with Gasteiger partial charge in [-0.2, -0.15) is 0 Å². The normalized spacial score (nSPS) is 10.1. The van der Waals surface area contributed by atoms with E-state index in [1.165, 1.54) is 0 Å². The van der Waals surface area contributed by atoms with Gasteiger partial charge >= 0.3 is 0 Å². The van der Waals surface area contributed by atoms with Crippen LogP contribution in [-0.4, -0.2) is 18.3 Å². The minimum Gasteiger partial charge on any atom is -0.493 e. The quantitative estimate of drug-likeness (QED) is 0.740. The van der Waals surface area contributed by atoms with Crippen LogP contribution in [-0.2, 0) is 6.61 Å². The van der Waals surface area contributed by atoms with Crippen molar-refractivity contribution in [2.24, 2.45) is 0 Å². The topological polar surface area (TPSA) is 38.7 Å². The van der Waals surface area contributed by atoms with Crippen LogP contribution in [0.2, 0.25) is 0 Å². The summed E-state index contributed by atoms with van der Waals surface area (Å²) in [6.45, 7) is 8.82. The molecule has 17 heavy (non-hydrogen) atoms. The summed E-state index contributed by atoms with van der Waals surface area (Å²) in [4.78, 5) is 0. The van der Waals surface area contributed by atoms with Gasteiger partial charge in [-0.05, 0) is 31.1 Å². The van der Waals surface area contributed by atoms with Gasteiger partial charge in [0.15, 0.2) is 0 Å². The van der Waals surface area contributed by atoms with Crippen LogP contribution in [0.1, 0.15) is 25.8 Å². The molecule has 0 unspecified atom stereocenters. The zero-order chi connectivity index (χ0) is 12.7. The Hall–Kier alpha value is -1.48. The van der Waals surface area contributed by atoms with Crippen molar-refractivity contribution in [3.63, 3.8) is 0 Å². The largest absolute Gasteiger partial charge is 0.493 e.